The molecule has 1 aliphatic rings. The van der Waals surface area contributed by atoms with E-state index in [0.717, 1.165) is 29.7 Å². The average Bonchev–Trinajstić information content (AvgIpc) is 2.76. The molecule has 2 N–H and O–H groups in total. The number of rotatable bonds is 2. The van der Waals surface area contributed by atoms with E-state index in [1.54, 1.807) is 16.7 Å². The molecule has 1 unspecified atom stereocenters. The fraction of sp³-hybridized carbons (Fsp3) is 0.385. The molecule has 0 aliphatic carbocycles. The summed E-state index contributed by atoms with van der Waals surface area (Å²) in [7, 11) is 0. The third-order valence-electron chi connectivity index (χ3n) is 3.37. The van der Waals surface area contributed by atoms with E-state index in [1.165, 1.54) is 0 Å². The molecule has 0 spiro atoms. The molecular formula is C13H15BrN4O. The van der Waals surface area contributed by atoms with Crippen molar-refractivity contribution in [2.45, 2.75) is 19.0 Å². The first kappa shape index (κ1) is 12.8. The van der Waals surface area contributed by atoms with Crippen LogP contribution in [0.3, 0.4) is 0 Å². The van der Waals surface area contributed by atoms with Crippen LogP contribution in [0.25, 0.3) is 5.65 Å². The quantitative estimate of drug-likeness (QED) is 0.895. The van der Waals surface area contributed by atoms with Gasteiger partial charge in [0.2, 0.25) is 0 Å². The number of fused-ring (bicyclic) bond motifs is 1. The highest BCUT2D eigenvalue weighted by Gasteiger charge is 2.19. The minimum Gasteiger partial charge on any atom is -0.326 e. The summed E-state index contributed by atoms with van der Waals surface area (Å²) in [6, 6.07) is 5.57. The lowest BCUT2D eigenvalue weighted by Crippen LogP contribution is -2.27. The molecule has 2 aromatic rings. The molecule has 0 saturated carbocycles. The molecular weight excluding hydrogens is 308 g/mol. The van der Waals surface area contributed by atoms with Crippen molar-refractivity contribution in [2.24, 2.45) is 5.73 Å². The van der Waals surface area contributed by atoms with Gasteiger partial charge in [0, 0.05) is 42.4 Å². The third kappa shape index (κ3) is 2.70. The Morgan fingerprint density at radius 3 is 3.05 bits per heavy atom. The van der Waals surface area contributed by atoms with E-state index >= 15 is 0 Å². The highest BCUT2D eigenvalue weighted by molar-refractivity contribution is 9.10. The van der Waals surface area contributed by atoms with E-state index in [1.807, 2.05) is 12.1 Å². The predicted molar refractivity (Wildman–Crippen MR) is 77.0 cm³/mol. The van der Waals surface area contributed by atoms with Crippen LogP contribution < -0.4 is 11.3 Å². The smallest absolute Gasteiger partial charge is 0.258 e. The normalized spacial score (nSPS) is 20.2. The molecule has 2 aromatic heterocycles. The molecule has 1 atom stereocenters. The van der Waals surface area contributed by atoms with Gasteiger partial charge in [0.05, 0.1) is 5.69 Å². The van der Waals surface area contributed by atoms with E-state index in [4.69, 9.17) is 5.73 Å². The summed E-state index contributed by atoms with van der Waals surface area (Å²) >= 11 is 3.35. The Balaban J connectivity index is 1.93. The Morgan fingerprint density at radius 2 is 2.32 bits per heavy atom. The highest BCUT2D eigenvalue weighted by atomic mass is 79.9. The molecule has 1 aliphatic heterocycles. The number of hydrogen-bond donors (Lipinski definition) is 1. The Bertz CT molecular complexity index is 669. The first-order valence-electron chi connectivity index (χ1n) is 6.27. The van der Waals surface area contributed by atoms with Crippen LogP contribution in [-0.4, -0.2) is 33.4 Å². The van der Waals surface area contributed by atoms with Crippen LogP contribution in [0.4, 0.5) is 0 Å². The Hall–Kier alpha value is -1.24. The molecule has 3 rings (SSSR count). The molecule has 19 heavy (non-hydrogen) atoms. The predicted octanol–water partition coefficient (Wildman–Crippen LogP) is 0.990. The lowest BCUT2D eigenvalue weighted by atomic mass is 10.3. The zero-order valence-corrected chi connectivity index (χ0v) is 12.0. The summed E-state index contributed by atoms with van der Waals surface area (Å²) in [4.78, 5) is 18.8. The van der Waals surface area contributed by atoms with Gasteiger partial charge >= 0.3 is 0 Å². The molecule has 0 aromatic carbocycles. The third-order valence-corrected chi connectivity index (χ3v) is 3.84. The second-order valence-electron chi connectivity index (χ2n) is 4.95. The fourth-order valence-corrected chi connectivity index (χ4v) is 2.78. The largest absolute Gasteiger partial charge is 0.326 e. The number of likely N-dealkylation sites (tertiary alicyclic amines) is 1. The molecule has 0 amide bonds. The summed E-state index contributed by atoms with van der Waals surface area (Å²) in [5, 5.41) is 0. The van der Waals surface area contributed by atoms with Crippen LogP contribution in [0.2, 0.25) is 0 Å². The van der Waals surface area contributed by atoms with Gasteiger partial charge in [0.15, 0.2) is 0 Å². The second kappa shape index (κ2) is 5.03. The van der Waals surface area contributed by atoms with E-state index in [-0.39, 0.29) is 11.6 Å². The number of hydrogen-bond acceptors (Lipinski definition) is 4. The summed E-state index contributed by atoms with van der Waals surface area (Å²) in [6.07, 6.45) is 2.75. The lowest BCUT2D eigenvalue weighted by Gasteiger charge is -2.14. The molecule has 1 saturated heterocycles. The molecule has 6 heteroatoms. The van der Waals surface area contributed by atoms with Gasteiger partial charge in [-0.2, -0.15) is 0 Å². The monoisotopic (exact) mass is 322 g/mol. The first-order chi connectivity index (χ1) is 9.11. The Labute approximate surface area is 119 Å². The number of nitrogens with two attached hydrogens (primary N) is 1. The average molecular weight is 323 g/mol. The summed E-state index contributed by atoms with van der Waals surface area (Å²) in [5.74, 6) is 0. The van der Waals surface area contributed by atoms with Crippen molar-refractivity contribution < 1.29 is 0 Å². The molecule has 0 radical (unpaired) electrons. The van der Waals surface area contributed by atoms with E-state index < -0.39 is 0 Å². The van der Waals surface area contributed by atoms with Gasteiger partial charge in [0.1, 0.15) is 5.65 Å². The minimum absolute atomic E-state index is 0.0511. The van der Waals surface area contributed by atoms with E-state index in [0.29, 0.717) is 12.2 Å². The van der Waals surface area contributed by atoms with Gasteiger partial charge in [-0.3, -0.25) is 14.1 Å². The number of nitrogens with zero attached hydrogens (tertiary/aromatic N) is 3. The van der Waals surface area contributed by atoms with Gasteiger partial charge in [-0.1, -0.05) is 0 Å². The summed E-state index contributed by atoms with van der Waals surface area (Å²) in [5.41, 5.74) is 7.31. The fourth-order valence-electron chi connectivity index (χ4n) is 2.44. The number of halogens is 1. The van der Waals surface area contributed by atoms with Gasteiger partial charge < -0.3 is 5.73 Å². The van der Waals surface area contributed by atoms with Gasteiger partial charge in [-0.25, -0.2) is 4.98 Å². The van der Waals surface area contributed by atoms with Crippen molar-refractivity contribution in [1.29, 1.82) is 0 Å². The van der Waals surface area contributed by atoms with Gasteiger partial charge in [-0.05, 0) is 34.5 Å². The first-order valence-corrected chi connectivity index (χ1v) is 7.07. The topological polar surface area (TPSA) is 63.6 Å². The van der Waals surface area contributed by atoms with Gasteiger partial charge in [-0.15, -0.1) is 0 Å². The number of aromatic nitrogens is 2. The Kier molecular flexibility index (Phi) is 3.38. The van der Waals surface area contributed by atoms with Crippen LogP contribution in [0.1, 0.15) is 12.1 Å². The summed E-state index contributed by atoms with van der Waals surface area (Å²) < 4.78 is 2.41. The van der Waals surface area contributed by atoms with Crippen molar-refractivity contribution in [3.05, 3.63) is 44.9 Å². The van der Waals surface area contributed by atoms with Crippen LogP contribution in [-0.2, 0) is 6.54 Å². The maximum Gasteiger partial charge on any atom is 0.258 e. The van der Waals surface area contributed by atoms with Crippen molar-refractivity contribution in [2.75, 3.05) is 13.1 Å². The van der Waals surface area contributed by atoms with Gasteiger partial charge in [0.25, 0.3) is 5.56 Å². The molecule has 0 bridgehead atoms. The van der Waals surface area contributed by atoms with Crippen molar-refractivity contribution in [3.63, 3.8) is 0 Å². The minimum atomic E-state index is -0.0511. The molecule has 3 heterocycles. The molecule has 100 valence electrons. The van der Waals surface area contributed by atoms with Crippen LogP contribution in [0.15, 0.2) is 33.7 Å². The van der Waals surface area contributed by atoms with Crippen LogP contribution >= 0.6 is 15.9 Å². The number of pyridine rings is 1. The SMILES string of the molecule is NC1CCN(Cc2cc(=O)n3cc(Br)ccc3n2)C1. The highest BCUT2D eigenvalue weighted by Crippen LogP contribution is 2.12. The van der Waals surface area contributed by atoms with Crippen molar-refractivity contribution in [1.82, 2.24) is 14.3 Å². The second-order valence-corrected chi connectivity index (χ2v) is 5.86. The molecule has 1 fully saturated rings. The maximum absolute atomic E-state index is 12.0. The zero-order chi connectivity index (χ0) is 13.4. The lowest BCUT2D eigenvalue weighted by molar-refractivity contribution is 0.323. The maximum atomic E-state index is 12.0. The Morgan fingerprint density at radius 1 is 1.47 bits per heavy atom. The standard InChI is InChI=1S/C13H15BrN4O/c14-9-1-2-12-16-11(5-13(19)18(12)6-9)8-17-4-3-10(15)7-17/h1-2,5-6,10H,3-4,7-8,15H2. The van der Waals surface area contributed by atoms with Crippen LogP contribution in [0.5, 0.6) is 0 Å². The zero-order valence-electron chi connectivity index (χ0n) is 10.4. The van der Waals surface area contributed by atoms with Crippen molar-refractivity contribution in [3.8, 4) is 0 Å². The molecule has 5 nitrogen and oxygen atoms in total. The van der Waals surface area contributed by atoms with E-state index in [2.05, 4.69) is 25.8 Å². The van der Waals surface area contributed by atoms with Crippen molar-refractivity contribution >= 4 is 21.6 Å². The van der Waals surface area contributed by atoms with Crippen LogP contribution in [0, 0.1) is 0 Å². The van der Waals surface area contributed by atoms with E-state index in [9.17, 15) is 4.79 Å². The summed E-state index contributed by atoms with van der Waals surface area (Å²) in [6.45, 7) is 2.54.